The van der Waals surface area contributed by atoms with Crippen molar-refractivity contribution in [1.29, 1.82) is 0 Å². The predicted octanol–water partition coefficient (Wildman–Crippen LogP) is 3.90. The highest BCUT2D eigenvalue weighted by molar-refractivity contribution is 5.66. The van der Waals surface area contributed by atoms with E-state index in [0.717, 1.165) is 32.5 Å². The minimum absolute atomic E-state index is 0.0817. The maximum absolute atomic E-state index is 11.6. The van der Waals surface area contributed by atoms with Gasteiger partial charge in [-0.25, -0.2) is 4.79 Å². The van der Waals surface area contributed by atoms with Gasteiger partial charge in [-0.05, 0) is 32.4 Å². The zero-order chi connectivity index (χ0) is 15.5. The Bertz CT molecular complexity index is 282. The van der Waals surface area contributed by atoms with Gasteiger partial charge >= 0.3 is 6.09 Å². The molecule has 1 aliphatic heterocycles. The van der Waals surface area contributed by atoms with E-state index in [0.29, 0.717) is 0 Å². The molecule has 0 saturated carbocycles. The van der Waals surface area contributed by atoms with Gasteiger partial charge in [0.25, 0.3) is 0 Å². The lowest BCUT2D eigenvalue weighted by molar-refractivity contribution is 0.0282. The Kier molecular flexibility index (Phi) is 9.48. The van der Waals surface area contributed by atoms with Crippen molar-refractivity contribution in [2.75, 3.05) is 33.7 Å². The molecule has 0 bridgehead atoms. The second kappa shape index (κ2) is 10.9. The molecule has 0 unspecified atom stereocenters. The summed E-state index contributed by atoms with van der Waals surface area (Å²) >= 11 is 0. The van der Waals surface area contributed by atoms with Crippen molar-refractivity contribution in [2.24, 2.45) is 0 Å². The predicted molar refractivity (Wildman–Crippen MR) is 87.6 cm³/mol. The van der Waals surface area contributed by atoms with Gasteiger partial charge in [-0.3, -0.25) is 4.90 Å². The molecule has 1 saturated heterocycles. The molecule has 0 aromatic carbocycles. The number of piperidine rings is 1. The minimum Gasteiger partial charge on any atom is -0.445 e. The first-order valence-electron chi connectivity index (χ1n) is 8.73. The quantitative estimate of drug-likeness (QED) is 0.605. The number of likely N-dealkylation sites (tertiary alicyclic amines) is 1. The third-order valence-electron chi connectivity index (χ3n) is 4.17. The molecule has 1 amide bonds. The van der Waals surface area contributed by atoms with E-state index in [-0.39, 0.29) is 12.2 Å². The molecule has 0 radical (unpaired) electrons. The molecular weight excluding hydrogens is 264 g/mol. The Morgan fingerprint density at radius 3 is 2.48 bits per heavy atom. The SMILES string of the molecule is CCCCCCCCCN1CCC[C@@H](OC(=O)N(C)C)C1. The van der Waals surface area contributed by atoms with Gasteiger partial charge < -0.3 is 9.64 Å². The van der Waals surface area contributed by atoms with Crippen molar-refractivity contribution in [3.05, 3.63) is 0 Å². The molecule has 1 aliphatic rings. The summed E-state index contributed by atoms with van der Waals surface area (Å²) in [6, 6.07) is 0. The third kappa shape index (κ3) is 8.30. The monoisotopic (exact) mass is 298 g/mol. The lowest BCUT2D eigenvalue weighted by Crippen LogP contribution is -2.42. The fourth-order valence-electron chi connectivity index (χ4n) is 2.85. The van der Waals surface area contributed by atoms with Crippen molar-refractivity contribution in [3.63, 3.8) is 0 Å². The van der Waals surface area contributed by atoms with E-state index in [4.69, 9.17) is 4.74 Å². The van der Waals surface area contributed by atoms with Gasteiger partial charge in [-0.1, -0.05) is 45.4 Å². The zero-order valence-electron chi connectivity index (χ0n) is 14.3. The summed E-state index contributed by atoms with van der Waals surface area (Å²) in [5.74, 6) is 0. The van der Waals surface area contributed by atoms with Crippen molar-refractivity contribution in [1.82, 2.24) is 9.80 Å². The minimum atomic E-state index is -0.210. The molecular formula is C17H34N2O2. The van der Waals surface area contributed by atoms with Gasteiger partial charge in [0.2, 0.25) is 0 Å². The molecule has 0 aromatic rings. The van der Waals surface area contributed by atoms with Gasteiger partial charge in [0.15, 0.2) is 0 Å². The summed E-state index contributed by atoms with van der Waals surface area (Å²) in [4.78, 5) is 15.6. The number of rotatable bonds is 9. The van der Waals surface area contributed by atoms with E-state index >= 15 is 0 Å². The Hall–Kier alpha value is -0.770. The third-order valence-corrected chi connectivity index (χ3v) is 4.17. The van der Waals surface area contributed by atoms with E-state index in [1.165, 1.54) is 49.8 Å². The van der Waals surface area contributed by atoms with E-state index < -0.39 is 0 Å². The van der Waals surface area contributed by atoms with Crippen LogP contribution in [-0.2, 0) is 4.74 Å². The molecule has 1 fully saturated rings. The van der Waals surface area contributed by atoms with E-state index in [1.54, 1.807) is 14.1 Å². The van der Waals surface area contributed by atoms with E-state index in [1.807, 2.05) is 0 Å². The molecule has 0 aliphatic carbocycles. The van der Waals surface area contributed by atoms with Crippen LogP contribution in [0.3, 0.4) is 0 Å². The Balaban J connectivity index is 2.08. The van der Waals surface area contributed by atoms with Crippen LogP contribution in [0.2, 0.25) is 0 Å². The molecule has 124 valence electrons. The maximum atomic E-state index is 11.6. The highest BCUT2D eigenvalue weighted by Crippen LogP contribution is 2.15. The number of unbranched alkanes of at least 4 members (excludes halogenated alkanes) is 6. The van der Waals surface area contributed by atoms with Crippen molar-refractivity contribution < 1.29 is 9.53 Å². The van der Waals surface area contributed by atoms with Crippen LogP contribution in [0.5, 0.6) is 0 Å². The van der Waals surface area contributed by atoms with Crippen LogP contribution < -0.4 is 0 Å². The summed E-state index contributed by atoms with van der Waals surface area (Å²) in [7, 11) is 3.48. The number of nitrogens with zero attached hydrogens (tertiary/aromatic N) is 2. The van der Waals surface area contributed by atoms with Crippen LogP contribution in [0, 0.1) is 0 Å². The first kappa shape index (κ1) is 18.3. The van der Waals surface area contributed by atoms with Gasteiger partial charge in [0, 0.05) is 20.6 Å². The number of hydrogen-bond acceptors (Lipinski definition) is 3. The van der Waals surface area contributed by atoms with Crippen LogP contribution in [0.1, 0.15) is 64.7 Å². The zero-order valence-corrected chi connectivity index (χ0v) is 14.3. The molecule has 1 heterocycles. The average Bonchev–Trinajstić information content (AvgIpc) is 2.46. The first-order valence-corrected chi connectivity index (χ1v) is 8.73. The Morgan fingerprint density at radius 1 is 1.14 bits per heavy atom. The standard InChI is InChI=1S/C17H34N2O2/c1-4-5-6-7-8-9-10-13-19-14-11-12-16(15-19)21-17(20)18(2)3/h16H,4-15H2,1-3H3/t16-/m1/s1. The maximum Gasteiger partial charge on any atom is 0.409 e. The molecule has 0 N–H and O–H groups in total. The number of carbonyl (C=O) groups excluding carboxylic acids is 1. The summed E-state index contributed by atoms with van der Waals surface area (Å²) in [6.45, 7) is 5.49. The first-order chi connectivity index (χ1) is 10.1. The van der Waals surface area contributed by atoms with Crippen LogP contribution in [-0.4, -0.2) is 55.7 Å². The topological polar surface area (TPSA) is 32.8 Å². The normalized spacial score (nSPS) is 19.5. The van der Waals surface area contributed by atoms with Crippen molar-refractivity contribution >= 4 is 6.09 Å². The number of carbonyl (C=O) groups is 1. The molecule has 1 atom stereocenters. The van der Waals surface area contributed by atoms with E-state index in [2.05, 4.69) is 11.8 Å². The van der Waals surface area contributed by atoms with Gasteiger partial charge in [-0.15, -0.1) is 0 Å². The second-order valence-corrected chi connectivity index (χ2v) is 6.46. The van der Waals surface area contributed by atoms with Gasteiger partial charge in [0.05, 0.1) is 0 Å². The fraction of sp³-hybridized carbons (Fsp3) is 0.941. The summed E-state index contributed by atoms with van der Waals surface area (Å²) in [5.41, 5.74) is 0. The molecule has 4 nitrogen and oxygen atoms in total. The largest absolute Gasteiger partial charge is 0.445 e. The number of hydrogen-bond donors (Lipinski definition) is 0. The Labute approximate surface area is 130 Å². The average molecular weight is 298 g/mol. The van der Waals surface area contributed by atoms with Crippen molar-refractivity contribution in [2.45, 2.75) is 70.8 Å². The molecule has 0 aromatic heterocycles. The Morgan fingerprint density at radius 2 is 1.81 bits per heavy atom. The van der Waals surface area contributed by atoms with Crippen LogP contribution >= 0.6 is 0 Å². The summed E-state index contributed by atoms with van der Waals surface area (Å²) < 4.78 is 5.50. The van der Waals surface area contributed by atoms with Crippen molar-refractivity contribution in [3.8, 4) is 0 Å². The highest BCUT2D eigenvalue weighted by Gasteiger charge is 2.23. The lowest BCUT2D eigenvalue weighted by atomic mass is 10.1. The smallest absolute Gasteiger partial charge is 0.409 e. The molecule has 21 heavy (non-hydrogen) atoms. The number of ether oxygens (including phenoxy) is 1. The summed E-state index contributed by atoms with van der Waals surface area (Å²) in [5, 5.41) is 0. The lowest BCUT2D eigenvalue weighted by Gasteiger charge is -2.32. The molecule has 0 spiro atoms. The molecule has 4 heteroatoms. The highest BCUT2D eigenvalue weighted by atomic mass is 16.6. The van der Waals surface area contributed by atoms with Crippen LogP contribution in [0.15, 0.2) is 0 Å². The van der Waals surface area contributed by atoms with Gasteiger partial charge in [-0.2, -0.15) is 0 Å². The summed E-state index contributed by atoms with van der Waals surface area (Å²) in [6.07, 6.45) is 11.5. The van der Waals surface area contributed by atoms with E-state index in [9.17, 15) is 4.79 Å². The second-order valence-electron chi connectivity index (χ2n) is 6.46. The fourth-order valence-corrected chi connectivity index (χ4v) is 2.85. The van der Waals surface area contributed by atoms with Crippen LogP contribution in [0.25, 0.3) is 0 Å². The molecule has 1 rings (SSSR count). The van der Waals surface area contributed by atoms with Crippen LogP contribution in [0.4, 0.5) is 4.79 Å². The number of amides is 1. The van der Waals surface area contributed by atoms with Gasteiger partial charge in [0.1, 0.15) is 6.10 Å².